The quantitative estimate of drug-likeness (QED) is 0.688. The van der Waals surface area contributed by atoms with Crippen LogP contribution in [0.15, 0.2) is 35.2 Å². The van der Waals surface area contributed by atoms with Gasteiger partial charge in [-0.2, -0.15) is 0 Å². The fourth-order valence-electron chi connectivity index (χ4n) is 1.27. The van der Waals surface area contributed by atoms with Gasteiger partial charge < -0.3 is 0 Å². The summed E-state index contributed by atoms with van der Waals surface area (Å²) in [6, 6.07) is 10.1. The summed E-state index contributed by atoms with van der Waals surface area (Å²) >= 11 is 1.67. The van der Waals surface area contributed by atoms with Crippen LogP contribution in [-0.2, 0) is 4.79 Å². The number of hydrogen-bond donors (Lipinski definition) is 0. The fourth-order valence-corrected chi connectivity index (χ4v) is 2.43. The zero-order chi connectivity index (χ0) is 10.4. The van der Waals surface area contributed by atoms with Crippen LogP contribution in [-0.4, -0.2) is 11.0 Å². The molecule has 1 atom stereocenters. The average molecular weight is 208 g/mol. The standard InChI is InChI=1S/C12H16OS/c1-3-7-12(10(2)13)14-11-8-5-4-6-9-11/h4-6,8-9,12H,3,7H2,1-2H3/t12-/m0/s1. The Morgan fingerprint density at radius 2 is 2.00 bits per heavy atom. The molecule has 0 aliphatic heterocycles. The lowest BCUT2D eigenvalue weighted by molar-refractivity contribution is -0.116. The molecule has 0 saturated carbocycles. The van der Waals surface area contributed by atoms with Crippen LogP contribution in [0.25, 0.3) is 0 Å². The van der Waals surface area contributed by atoms with E-state index in [0.717, 1.165) is 12.8 Å². The first kappa shape index (κ1) is 11.3. The van der Waals surface area contributed by atoms with Gasteiger partial charge in [-0.3, -0.25) is 4.79 Å². The Balaban J connectivity index is 2.60. The van der Waals surface area contributed by atoms with Crippen molar-refractivity contribution in [1.29, 1.82) is 0 Å². The van der Waals surface area contributed by atoms with Crippen molar-refractivity contribution in [3.63, 3.8) is 0 Å². The van der Waals surface area contributed by atoms with Crippen LogP contribution >= 0.6 is 11.8 Å². The number of rotatable bonds is 5. The lowest BCUT2D eigenvalue weighted by atomic mass is 10.2. The Bertz CT molecular complexity index is 282. The van der Waals surface area contributed by atoms with Gasteiger partial charge >= 0.3 is 0 Å². The molecule has 0 saturated heterocycles. The van der Waals surface area contributed by atoms with Crippen LogP contribution in [0.5, 0.6) is 0 Å². The molecule has 0 aliphatic carbocycles. The third kappa shape index (κ3) is 3.54. The number of hydrogen-bond acceptors (Lipinski definition) is 2. The third-order valence-electron chi connectivity index (χ3n) is 2.03. The summed E-state index contributed by atoms with van der Waals surface area (Å²) in [5.74, 6) is 0.278. The molecule has 0 fully saturated rings. The van der Waals surface area contributed by atoms with Crippen LogP contribution in [0.3, 0.4) is 0 Å². The van der Waals surface area contributed by atoms with Crippen LogP contribution in [0, 0.1) is 0 Å². The molecule has 1 rings (SSSR count). The van der Waals surface area contributed by atoms with Gasteiger partial charge in [0, 0.05) is 4.90 Å². The van der Waals surface area contributed by atoms with Gasteiger partial charge in [-0.15, -0.1) is 11.8 Å². The number of carbonyl (C=O) groups is 1. The Labute approximate surface area is 89.9 Å². The minimum absolute atomic E-state index is 0.127. The molecule has 1 aromatic rings. The van der Waals surface area contributed by atoms with E-state index in [1.807, 2.05) is 18.2 Å². The maximum absolute atomic E-state index is 11.3. The molecule has 1 nitrogen and oxygen atoms in total. The molecule has 0 heterocycles. The van der Waals surface area contributed by atoms with Crippen molar-refractivity contribution in [2.75, 3.05) is 0 Å². The van der Waals surface area contributed by atoms with Gasteiger partial charge in [-0.05, 0) is 25.5 Å². The Hall–Kier alpha value is -0.760. The molecule has 0 bridgehead atoms. The summed E-state index contributed by atoms with van der Waals surface area (Å²) in [5.41, 5.74) is 0. The minimum atomic E-state index is 0.127. The van der Waals surface area contributed by atoms with E-state index in [0.29, 0.717) is 0 Å². The fraction of sp³-hybridized carbons (Fsp3) is 0.417. The first-order valence-electron chi connectivity index (χ1n) is 4.96. The Morgan fingerprint density at radius 1 is 1.36 bits per heavy atom. The van der Waals surface area contributed by atoms with E-state index in [1.165, 1.54) is 4.90 Å². The van der Waals surface area contributed by atoms with Gasteiger partial charge in [-0.1, -0.05) is 31.5 Å². The second kappa shape index (κ2) is 5.86. The topological polar surface area (TPSA) is 17.1 Å². The maximum Gasteiger partial charge on any atom is 0.143 e. The molecule has 0 aromatic heterocycles. The Morgan fingerprint density at radius 3 is 2.50 bits per heavy atom. The first-order chi connectivity index (χ1) is 6.74. The van der Waals surface area contributed by atoms with E-state index in [2.05, 4.69) is 19.1 Å². The monoisotopic (exact) mass is 208 g/mol. The van der Waals surface area contributed by atoms with Crippen molar-refractivity contribution < 1.29 is 4.79 Å². The van der Waals surface area contributed by atoms with Gasteiger partial charge in [0.25, 0.3) is 0 Å². The van der Waals surface area contributed by atoms with Crippen molar-refractivity contribution in [1.82, 2.24) is 0 Å². The number of benzene rings is 1. The van der Waals surface area contributed by atoms with Crippen LogP contribution < -0.4 is 0 Å². The van der Waals surface area contributed by atoms with Crippen LogP contribution in [0.1, 0.15) is 26.7 Å². The maximum atomic E-state index is 11.3. The lowest BCUT2D eigenvalue weighted by Gasteiger charge is -2.11. The summed E-state index contributed by atoms with van der Waals surface area (Å²) in [6.45, 7) is 3.79. The van der Waals surface area contributed by atoms with E-state index in [4.69, 9.17) is 0 Å². The molecule has 0 aliphatic rings. The predicted molar refractivity (Wildman–Crippen MR) is 61.7 cm³/mol. The smallest absolute Gasteiger partial charge is 0.143 e. The second-order valence-electron chi connectivity index (χ2n) is 3.32. The highest BCUT2D eigenvalue weighted by atomic mass is 32.2. The first-order valence-corrected chi connectivity index (χ1v) is 5.84. The molecule has 0 unspecified atom stereocenters. The van der Waals surface area contributed by atoms with Crippen LogP contribution in [0.2, 0.25) is 0 Å². The highest BCUT2D eigenvalue weighted by Gasteiger charge is 2.13. The second-order valence-corrected chi connectivity index (χ2v) is 4.60. The molecular formula is C12H16OS. The Kier molecular flexibility index (Phi) is 4.74. The lowest BCUT2D eigenvalue weighted by Crippen LogP contribution is -2.12. The molecule has 0 amide bonds. The van der Waals surface area contributed by atoms with Crippen molar-refractivity contribution in [2.45, 2.75) is 36.8 Å². The predicted octanol–water partition coefficient (Wildman–Crippen LogP) is 3.54. The van der Waals surface area contributed by atoms with E-state index in [9.17, 15) is 4.79 Å². The molecule has 1 aromatic carbocycles. The summed E-state index contributed by atoms with van der Waals surface area (Å²) in [5, 5.41) is 0.127. The number of carbonyl (C=O) groups excluding carboxylic acids is 1. The number of ketones is 1. The summed E-state index contributed by atoms with van der Waals surface area (Å²) in [6.07, 6.45) is 2.03. The summed E-state index contributed by atoms with van der Waals surface area (Å²) < 4.78 is 0. The van der Waals surface area contributed by atoms with Crippen molar-refractivity contribution >= 4 is 17.5 Å². The molecule has 0 radical (unpaired) electrons. The highest BCUT2D eigenvalue weighted by molar-refractivity contribution is 8.00. The van der Waals surface area contributed by atoms with Crippen molar-refractivity contribution in [3.05, 3.63) is 30.3 Å². The molecule has 76 valence electrons. The number of thioether (sulfide) groups is 1. The largest absolute Gasteiger partial charge is 0.299 e. The summed E-state index contributed by atoms with van der Waals surface area (Å²) in [4.78, 5) is 12.5. The minimum Gasteiger partial charge on any atom is -0.299 e. The zero-order valence-corrected chi connectivity index (χ0v) is 9.51. The highest BCUT2D eigenvalue weighted by Crippen LogP contribution is 2.26. The van der Waals surface area contributed by atoms with E-state index in [1.54, 1.807) is 18.7 Å². The SMILES string of the molecule is CCC[C@H](Sc1ccccc1)C(C)=O. The van der Waals surface area contributed by atoms with Gasteiger partial charge in [-0.25, -0.2) is 0 Å². The van der Waals surface area contributed by atoms with Crippen LogP contribution in [0.4, 0.5) is 0 Å². The number of Topliss-reactive ketones (excluding diaryl/α,β-unsaturated/α-hetero) is 1. The van der Waals surface area contributed by atoms with Gasteiger partial charge in [0.15, 0.2) is 0 Å². The van der Waals surface area contributed by atoms with Crippen molar-refractivity contribution in [2.24, 2.45) is 0 Å². The van der Waals surface area contributed by atoms with Crippen molar-refractivity contribution in [3.8, 4) is 0 Å². The molecule has 14 heavy (non-hydrogen) atoms. The van der Waals surface area contributed by atoms with E-state index < -0.39 is 0 Å². The normalized spacial score (nSPS) is 12.4. The molecular weight excluding hydrogens is 192 g/mol. The van der Waals surface area contributed by atoms with E-state index >= 15 is 0 Å². The average Bonchev–Trinajstić information content (AvgIpc) is 2.18. The molecule has 0 spiro atoms. The van der Waals surface area contributed by atoms with E-state index in [-0.39, 0.29) is 11.0 Å². The van der Waals surface area contributed by atoms with Gasteiger partial charge in [0.1, 0.15) is 5.78 Å². The molecule has 0 N–H and O–H groups in total. The molecule has 2 heteroatoms. The van der Waals surface area contributed by atoms with Gasteiger partial charge in [0.05, 0.1) is 5.25 Å². The summed E-state index contributed by atoms with van der Waals surface area (Å²) in [7, 11) is 0. The van der Waals surface area contributed by atoms with Gasteiger partial charge in [0.2, 0.25) is 0 Å². The zero-order valence-electron chi connectivity index (χ0n) is 8.69. The third-order valence-corrected chi connectivity index (χ3v) is 3.42.